The number of carbonyl (C=O) groups is 1. The zero-order valence-electron chi connectivity index (χ0n) is 16.2. The summed E-state index contributed by atoms with van der Waals surface area (Å²) in [6.45, 7) is 2.43. The molecule has 1 amide bonds. The molecule has 2 aromatic rings. The van der Waals surface area contributed by atoms with Crippen molar-refractivity contribution >= 4 is 33.2 Å². The van der Waals surface area contributed by atoms with Crippen molar-refractivity contribution < 1.29 is 26.7 Å². The van der Waals surface area contributed by atoms with Gasteiger partial charge in [0.05, 0.1) is 22.4 Å². The number of halogens is 3. The molecule has 1 N–H and O–H groups in total. The highest BCUT2D eigenvalue weighted by Gasteiger charge is 2.33. The molecule has 2 aromatic carbocycles. The lowest BCUT2D eigenvalue weighted by Gasteiger charge is -2.31. The van der Waals surface area contributed by atoms with Crippen molar-refractivity contribution in [3.63, 3.8) is 0 Å². The average molecular weight is 459 g/mol. The Hall–Kier alpha value is -2.23. The summed E-state index contributed by atoms with van der Waals surface area (Å²) in [6.07, 6.45) is 0.964. The lowest BCUT2D eigenvalue weighted by molar-refractivity contribution is -0.120. The fourth-order valence-electron chi connectivity index (χ4n) is 3.26. The third-order valence-electron chi connectivity index (χ3n) is 4.78. The van der Waals surface area contributed by atoms with E-state index in [2.05, 4.69) is 5.32 Å². The molecule has 1 saturated heterocycles. The molecular weight excluding hydrogens is 438 g/mol. The van der Waals surface area contributed by atoms with Crippen molar-refractivity contribution in [1.29, 1.82) is 0 Å². The van der Waals surface area contributed by atoms with Crippen LogP contribution in [-0.4, -0.2) is 38.3 Å². The van der Waals surface area contributed by atoms with E-state index in [9.17, 15) is 22.0 Å². The number of piperidine rings is 1. The molecule has 30 heavy (non-hydrogen) atoms. The van der Waals surface area contributed by atoms with E-state index in [1.54, 1.807) is 6.92 Å². The monoisotopic (exact) mass is 458 g/mol. The molecular formula is C20H21ClF2N2O4S. The summed E-state index contributed by atoms with van der Waals surface area (Å²) in [5.74, 6) is -2.78. The number of amides is 1. The van der Waals surface area contributed by atoms with E-state index in [-0.39, 0.29) is 28.7 Å². The fraction of sp³-hybridized carbons (Fsp3) is 0.350. The molecule has 0 aliphatic carbocycles. The third kappa shape index (κ3) is 4.91. The number of anilines is 1. The van der Waals surface area contributed by atoms with Gasteiger partial charge >= 0.3 is 0 Å². The second-order valence-electron chi connectivity index (χ2n) is 6.85. The Bertz CT molecular complexity index is 1050. The summed E-state index contributed by atoms with van der Waals surface area (Å²) in [4.78, 5) is 12.6. The van der Waals surface area contributed by atoms with Gasteiger partial charge in [0.25, 0.3) is 0 Å². The standard InChI is InChI=1S/C20H21ClF2N2O4S/c1-2-29-19-8-6-15(11-16(19)21)30(27,28)25-9-3-4-13(12-25)20(26)24-14-5-7-17(22)18(23)10-14/h5-8,10-11,13H,2-4,9,12H2,1H3,(H,24,26). The second-order valence-corrected chi connectivity index (χ2v) is 9.19. The van der Waals surface area contributed by atoms with Crippen LogP contribution < -0.4 is 10.1 Å². The van der Waals surface area contributed by atoms with Gasteiger partial charge in [-0.1, -0.05) is 11.6 Å². The highest BCUT2D eigenvalue weighted by molar-refractivity contribution is 7.89. The molecule has 0 spiro atoms. The summed E-state index contributed by atoms with van der Waals surface area (Å²) in [5, 5.41) is 2.70. The normalized spacial score (nSPS) is 17.5. The van der Waals surface area contributed by atoms with Crippen molar-refractivity contribution in [3.05, 3.63) is 53.1 Å². The maximum absolute atomic E-state index is 13.4. The molecule has 162 valence electrons. The quantitative estimate of drug-likeness (QED) is 0.708. The molecule has 0 aromatic heterocycles. The van der Waals surface area contributed by atoms with E-state index < -0.39 is 33.5 Å². The minimum absolute atomic E-state index is 0.0117. The summed E-state index contributed by atoms with van der Waals surface area (Å²) in [5.41, 5.74) is 0.108. The summed E-state index contributed by atoms with van der Waals surface area (Å²) >= 11 is 6.12. The van der Waals surface area contributed by atoms with E-state index in [4.69, 9.17) is 16.3 Å². The van der Waals surface area contributed by atoms with Gasteiger partial charge in [-0.05, 0) is 50.1 Å². The molecule has 3 rings (SSSR count). The van der Waals surface area contributed by atoms with Crippen LogP contribution in [0.2, 0.25) is 5.02 Å². The summed E-state index contributed by atoms with van der Waals surface area (Å²) in [7, 11) is -3.86. The molecule has 1 fully saturated rings. The Morgan fingerprint density at radius 2 is 2.00 bits per heavy atom. The van der Waals surface area contributed by atoms with Crippen LogP contribution in [0.15, 0.2) is 41.3 Å². The van der Waals surface area contributed by atoms with E-state index in [0.29, 0.717) is 25.2 Å². The number of nitrogens with one attached hydrogen (secondary N) is 1. The van der Waals surface area contributed by atoms with Crippen LogP contribution in [-0.2, 0) is 14.8 Å². The number of benzene rings is 2. The minimum atomic E-state index is -3.86. The van der Waals surface area contributed by atoms with E-state index in [1.165, 1.54) is 28.6 Å². The number of hydrogen-bond donors (Lipinski definition) is 1. The van der Waals surface area contributed by atoms with E-state index in [0.717, 1.165) is 12.1 Å². The maximum Gasteiger partial charge on any atom is 0.243 e. The van der Waals surface area contributed by atoms with Crippen molar-refractivity contribution in [2.45, 2.75) is 24.7 Å². The number of ether oxygens (including phenoxy) is 1. The van der Waals surface area contributed by atoms with Gasteiger partial charge in [0.1, 0.15) is 5.75 Å². The molecule has 1 atom stereocenters. The molecule has 1 aliphatic heterocycles. The Balaban J connectivity index is 1.73. The number of nitrogens with zero attached hydrogens (tertiary/aromatic N) is 1. The van der Waals surface area contributed by atoms with Crippen LogP contribution in [0, 0.1) is 17.6 Å². The highest BCUT2D eigenvalue weighted by atomic mass is 35.5. The first-order chi connectivity index (χ1) is 14.2. The molecule has 1 aliphatic rings. The van der Waals surface area contributed by atoms with Crippen molar-refractivity contribution in [3.8, 4) is 5.75 Å². The Kier molecular flexibility index (Phi) is 6.95. The van der Waals surface area contributed by atoms with Crippen molar-refractivity contribution in [2.24, 2.45) is 5.92 Å². The highest BCUT2D eigenvalue weighted by Crippen LogP contribution is 2.30. The zero-order chi connectivity index (χ0) is 21.9. The van der Waals surface area contributed by atoms with Gasteiger partial charge in [0.15, 0.2) is 11.6 Å². The molecule has 0 radical (unpaired) electrons. The fourth-order valence-corrected chi connectivity index (χ4v) is 5.11. The summed E-state index contributed by atoms with van der Waals surface area (Å²) in [6, 6.07) is 7.28. The first-order valence-electron chi connectivity index (χ1n) is 9.40. The lowest BCUT2D eigenvalue weighted by Crippen LogP contribution is -2.43. The molecule has 0 saturated carbocycles. The predicted octanol–water partition coefficient (Wildman–Crippen LogP) is 4.06. The molecule has 0 bridgehead atoms. The summed E-state index contributed by atoms with van der Waals surface area (Å²) < 4.78 is 59.0. The Labute approximate surface area is 178 Å². The predicted molar refractivity (Wildman–Crippen MR) is 109 cm³/mol. The number of sulfonamides is 1. The Morgan fingerprint density at radius 3 is 2.67 bits per heavy atom. The molecule has 6 nitrogen and oxygen atoms in total. The van der Waals surface area contributed by atoms with E-state index in [1.807, 2.05) is 0 Å². The number of carbonyl (C=O) groups excluding carboxylic acids is 1. The third-order valence-corrected chi connectivity index (χ3v) is 6.94. The van der Waals surface area contributed by atoms with E-state index >= 15 is 0 Å². The molecule has 10 heteroatoms. The van der Waals surface area contributed by atoms with Crippen molar-refractivity contribution in [1.82, 2.24) is 4.31 Å². The van der Waals surface area contributed by atoms with Gasteiger partial charge in [-0.2, -0.15) is 4.31 Å². The van der Waals surface area contributed by atoms with Crippen LogP contribution in [0.4, 0.5) is 14.5 Å². The lowest BCUT2D eigenvalue weighted by atomic mass is 9.98. The topological polar surface area (TPSA) is 75.7 Å². The minimum Gasteiger partial charge on any atom is -0.492 e. The SMILES string of the molecule is CCOc1ccc(S(=O)(=O)N2CCCC(C(=O)Nc3ccc(F)c(F)c3)C2)cc1Cl. The largest absolute Gasteiger partial charge is 0.492 e. The van der Waals surface area contributed by atoms with Gasteiger partial charge in [0, 0.05) is 24.8 Å². The van der Waals surface area contributed by atoms with Gasteiger partial charge in [0.2, 0.25) is 15.9 Å². The second kappa shape index (κ2) is 9.28. The number of hydrogen-bond acceptors (Lipinski definition) is 4. The molecule has 1 heterocycles. The first-order valence-corrected chi connectivity index (χ1v) is 11.2. The first kappa shape index (κ1) is 22.5. The zero-order valence-corrected chi connectivity index (χ0v) is 17.8. The van der Waals surface area contributed by atoms with Gasteiger partial charge in [-0.15, -0.1) is 0 Å². The Morgan fingerprint density at radius 1 is 1.23 bits per heavy atom. The van der Waals surface area contributed by atoms with Crippen molar-refractivity contribution in [2.75, 3.05) is 25.0 Å². The smallest absolute Gasteiger partial charge is 0.243 e. The maximum atomic E-state index is 13.4. The molecule has 1 unspecified atom stereocenters. The van der Waals surface area contributed by atoms with Crippen LogP contribution in [0.3, 0.4) is 0 Å². The number of rotatable bonds is 6. The van der Waals surface area contributed by atoms with Gasteiger partial charge in [-0.25, -0.2) is 17.2 Å². The van der Waals surface area contributed by atoms with Crippen LogP contribution >= 0.6 is 11.6 Å². The van der Waals surface area contributed by atoms with Gasteiger partial charge in [-0.3, -0.25) is 4.79 Å². The van der Waals surface area contributed by atoms with Crippen LogP contribution in [0.1, 0.15) is 19.8 Å². The van der Waals surface area contributed by atoms with Gasteiger partial charge < -0.3 is 10.1 Å². The average Bonchev–Trinajstić information content (AvgIpc) is 2.72. The van der Waals surface area contributed by atoms with Crippen LogP contribution in [0.5, 0.6) is 5.75 Å². The van der Waals surface area contributed by atoms with Crippen LogP contribution in [0.25, 0.3) is 0 Å².